The molecule has 5 nitrogen and oxygen atoms in total. The summed E-state index contributed by atoms with van der Waals surface area (Å²) in [6.07, 6.45) is 6.17. The minimum Gasteiger partial charge on any atom is -0.480 e. The summed E-state index contributed by atoms with van der Waals surface area (Å²) in [4.78, 5) is 25.1. The number of nitrogens with one attached hydrogen (secondary N) is 1. The van der Waals surface area contributed by atoms with Gasteiger partial charge in [0.1, 0.15) is 6.04 Å². The Kier molecular flexibility index (Phi) is 4.66. The lowest BCUT2D eigenvalue weighted by Crippen LogP contribution is -2.53. The maximum Gasteiger partial charge on any atom is 0.326 e. The average molecular weight is 268 g/mol. The number of amides is 2. The maximum absolute atomic E-state index is 12.2. The van der Waals surface area contributed by atoms with Crippen LogP contribution in [0.5, 0.6) is 0 Å². The van der Waals surface area contributed by atoms with Crippen LogP contribution in [0, 0.1) is 11.8 Å². The van der Waals surface area contributed by atoms with E-state index in [0.717, 1.165) is 19.5 Å². The molecular formula is C14H24N2O3. The van der Waals surface area contributed by atoms with Crippen LogP contribution in [0.2, 0.25) is 0 Å². The number of urea groups is 1. The van der Waals surface area contributed by atoms with E-state index in [1.54, 1.807) is 0 Å². The zero-order valence-corrected chi connectivity index (χ0v) is 11.6. The van der Waals surface area contributed by atoms with Crippen molar-refractivity contribution in [3.63, 3.8) is 0 Å². The molecule has 1 aliphatic heterocycles. The van der Waals surface area contributed by atoms with Gasteiger partial charge in [0.25, 0.3) is 0 Å². The normalized spacial score (nSPS) is 27.7. The largest absolute Gasteiger partial charge is 0.480 e. The predicted octanol–water partition coefficient (Wildman–Crippen LogP) is 2.07. The third-order valence-corrected chi connectivity index (χ3v) is 4.31. The van der Waals surface area contributed by atoms with Crippen molar-refractivity contribution >= 4 is 12.0 Å². The molecule has 1 heterocycles. The van der Waals surface area contributed by atoms with Gasteiger partial charge in [0.05, 0.1) is 0 Å². The van der Waals surface area contributed by atoms with E-state index in [2.05, 4.69) is 5.32 Å². The van der Waals surface area contributed by atoms with Crippen molar-refractivity contribution in [1.82, 2.24) is 10.2 Å². The first-order valence-corrected chi connectivity index (χ1v) is 7.38. The Bertz CT molecular complexity index is 334. The molecule has 2 amide bonds. The topological polar surface area (TPSA) is 69.6 Å². The van der Waals surface area contributed by atoms with E-state index < -0.39 is 12.0 Å². The number of carbonyl (C=O) groups excluding carboxylic acids is 1. The molecule has 0 aromatic rings. The number of carbonyl (C=O) groups is 2. The first kappa shape index (κ1) is 14.2. The van der Waals surface area contributed by atoms with Gasteiger partial charge >= 0.3 is 12.0 Å². The third-order valence-electron chi connectivity index (χ3n) is 4.31. The number of fused-ring (bicyclic) bond motifs is 2. The number of likely N-dealkylation sites (tertiary alicyclic amines) is 1. The number of carboxylic acids is 1. The van der Waals surface area contributed by atoms with E-state index in [0.29, 0.717) is 18.3 Å². The fourth-order valence-corrected chi connectivity index (χ4v) is 3.38. The minimum atomic E-state index is -0.938. The minimum absolute atomic E-state index is 0.197. The molecule has 108 valence electrons. The van der Waals surface area contributed by atoms with E-state index in [4.69, 9.17) is 5.11 Å². The lowest BCUT2D eigenvalue weighted by Gasteiger charge is -2.41. The molecule has 2 rings (SSSR count). The molecule has 3 unspecified atom stereocenters. The van der Waals surface area contributed by atoms with Gasteiger partial charge in [-0.15, -0.1) is 0 Å². The van der Waals surface area contributed by atoms with Crippen LogP contribution in [-0.4, -0.2) is 41.1 Å². The van der Waals surface area contributed by atoms with Crippen molar-refractivity contribution in [2.24, 2.45) is 11.8 Å². The molecule has 0 spiro atoms. The van der Waals surface area contributed by atoms with Crippen LogP contribution in [0.15, 0.2) is 0 Å². The molecule has 0 aromatic carbocycles. The van der Waals surface area contributed by atoms with Crippen molar-refractivity contribution in [3.05, 3.63) is 0 Å². The van der Waals surface area contributed by atoms with Crippen LogP contribution in [0.4, 0.5) is 4.79 Å². The van der Waals surface area contributed by atoms with E-state index in [-0.39, 0.29) is 6.03 Å². The molecule has 19 heavy (non-hydrogen) atoms. The summed E-state index contributed by atoms with van der Waals surface area (Å²) in [5, 5.41) is 11.7. The van der Waals surface area contributed by atoms with Gasteiger partial charge in [-0.1, -0.05) is 19.8 Å². The van der Waals surface area contributed by atoms with E-state index >= 15 is 0 Å². The maximum atomic E-state index is 12.2. The molecule has 2 fully saturated rings. The number of hydrogen-bond donors (Lipinski definition) is 2. The third kappa shape index (κ3) is 3.61. The number of hydrogen-bond acceptors (Lipinski definition) is 2. The van der Waals surface area contributed by atoms with Gasteiger partial charge in [0, 0.05) is 13.1 Å². The highest BCUT2D eigenvalue weighted by Gasteiger charge is 2.33. The number of rotatable bonds is 4. The summed E-state index contributed by atoms with van der Waals surface area (Å²) < 4.78 is 0. The first-order valence-electron chi connectivity index (χ1n) is 7.38. The standard InChI is InChI=1S/C14H24N2O3/c1-2-4-12(13(17)18)15-14(19)16-8-10-5-3-6-11(7-10)9-16/h10-12H,2-9H2,1H3,(H,15,19)(H,17,18). The van der Waals surface area contributed by atoms with Crippen LogP contribution >= 0.6 is 0 Å². The molecule has 2 aliphatic rings. The lowest BCUT2D eigenvalue weighted by atomic mass is 9.78. The van der Waals surface area contributed by atoms with Gasteiger partial charge in [-0.05, 0) is 37.5 Å². The second kappa shape index (κ2) is 6.26. The second-order valence-corrected chi connectivity index (χ2v) is 5.93. The molecule has 1 saturated heterocycles. The summed E-state index contributed by atoms with van der Waals surface area (Å²) in [5.74, 6) is 0.299. The fraction of sp³-hybridized carbons (Fsp3) is 0.857. The van der Waals surface area contributed by atoms with Gasteiger partial charge in [-0.3, -0.25) is 0 Å². The Labute approximate surface area is 114 Å². The Morgan fingerprint density at radius 3 is 2.47 bits per heavy atom. The van der Waals surface area contributed by atoms with E-state index in [9.17, 15) is 9.59 Å². The Morgan fingerprint density at radius 1 is 1.32 bits per heavy atom. The number of nitrogens with zero attached hydrogens (tertiary/aromatic N) is 1. The van der Waals surface area contributed by atoms with Crippen LogP contribution in [0.1, 0.15) is 45.4 Å². The molecule has 0 aromatic heterocycles. The lowest BCUT2D eigenvalue weighted by molar-refractivity contribution is -0.139. The van der Waals surface area contributed by atoms with Crippen molar-refractivity contribution < 1.29 is 14.7 Å². The highest BCUT2D eigenvalue weighted by molar-refractivity contribution is 5.82. The SMILES string of the molecule is CCCC(NC(=O)N1CC2CCCC(C2)C1)C(=O)O. The zero-order chi connectivity index (χ0) is 13.8. The van der Waals surface area contributed by atoms with Gasteiger partial charge in [-0.25, -0.2) is 9.59 Å². The molecule has 5 heteroatoms. The summed E-state index contributed by atoms with van der Waals surface area (Å²) in [6, 6.07) is -0.947. The summed E-state index contributed by atoms with van der Waals surface area (Å²) >= 11 is 0. The van der Waals surface area contributed by atoms with Crippen LogP contribution in [-0.2, 0) is 4.79 Å². The van der Waals surface area contributed by atoms with Crippen molar-refractivity contribution in [1.29, 1.82) is 0 Å². The molecule has 2 N–H and O–H groups in total. The molecule has 1 saturated carbocycles. The van der Waals surface area contributed by atoms with Gasteiger partial charge < -0.3 is 15.3 Å². The van der Waals surface area contributed by atoms with E-state index in [1.165, 1.54) is 25.7 Å². The molecule has 2 bridgehead atoms. The highest BCUT2D eigenvalue weighted by Crippen LogP contribution is 2.34. The fourth-order valence-electron chi connectivity index (χ4n) is 3.38. The van der Waals surface area contributed by atoms with E-state index in [1.807, 2.05) is 11.8 Å². The Balaban J connectivity index is 1.90. The number of aliphatic carboxylic acids is 1. The number of piperidine rings is 1. The molecule has 0 radical (unpaired) electrons. The smallest absolute Gasteiger partial charge is 0.326 e. The predicted molar refractivity (Wildman–Crippen MR) is 71.9 cm³/mol. The first-order chi connectivity index (χ1) is 9.10. The van der Waals surface area contributed by atoms with Crippen molar-refractivity contribution in [2.45, 2.75) is 51.5 Å². The second-order valence-electron chi connectivity index (χ2n) is 5.93. The molecule has 1 aliphatic carbocycles. The van der Waals surface area contributed by atoms with Gasteiger partial charge in [0.15, 0.2) is 0 Å². The monoisotopic (exact) mass is 268 g/mol. The Hall–Kier alpha value is -1.26. The van der Waals surface area contributed by atoms with Crippen LogP contribution in [0.25, 0.3) is 0 Å². The van der Waals surface area contributed by atoms with Crippen molar-refractivity contribution in [2.75, 3.05) is 13.1 Å². The van der Waals surface area contributed by atoms with Crippen molar-refractivity contribution in [3.8, 4) is 0 Å². The Morgan fingerprint density at radius 2 is 1.95 bits per heavy atom. The summed E-state index contributed by atoms with van der Waals surface area (Å²) in [7, 11) is 0. The van der Waals surface area contributed by atoms with Crippen LogP contribution < -0.4 is 5.32 Å². The summed E-state index contributed by atoms with van der Waals surface area (Å²) in [6.45, 7) is 3.51. The van der Waals surface area contributed by atoms with Gasteiger partial charge in [-0.2, -0.15) is 0 Å². The quantitative estimate of drug-likeness (QED) is 0.820. The van der Waals surface area contributed by atoms with Crippen LogP contribution in [0.3, 0.4) is 0 Å². The number of carboxylic acid groups (broad SMARTS) is 1. The highest BCUT2D eigenvalue weighted by atomic mass is 16.4. The molecule has 3 atom stereocenters. The zero-order valence-electron chi connectivity index (χ0n) is 11.6. The summed E-state index contributed by atoms with van der Waals surface area (Å²) in [5.41, 5.74) is 0. The van der Waals surface area contributed by atoms with Gasteiger partial charge in [0.2, 0.25) is 0 Å². The average Bonchev–Trinajstić information content (AvgIpc) is 2.37. The molecular weight excluding hydrogens is 244 g/mol.